The van der Waals surface area contributed by atoms with E-state index in [9.17, 15) is 0 Å². The van der Waals surface area contributed by atoms with E-state index >= 15 is 0 Å². The summed E-state index contributed by atoms with van der Waals surface area (Å²) in [5, 5.41) is 0. The molecular formula is C8H14Cl3Hf. The summed E-state index contributed by atoms with van der Waals surface area (Å²) in [6.07, 6.45) is 8.04. The molecule has 0 saturated heterocycles. The molecule has 0 aromatic heterocycles. The molecule has 0 aromatic rings. The monoisotopic (exact) mass is 395 g/mol. The van der Waals surface area contributed by atoms with Crippen LogP contribution in [-0.4, -0.2) is 0 Å². The maximum absolute atomic E-state index is 2.48. The van der Waals surface area contributed by atoms with Gasteiger partial charge in [-0.25, -0.2) is 0 Å². The third kappa shape index (κ3) is 5.80. The van der Waals surface area contributed by atoms with Crippen molar-refractivity contribution in [1.29, 1.82) is 0 Å². The minimum Gasteiger partial charge on any atom is -1.00 e. The van der Waals surface area contributed by atoms with Gasteiger partial charge in [0.05, 0.1) is 0 Å². The minimum atomic E-state index is -1.71. The molecule has 0 aromatic carbocycles. The second kappa shape index (κ2) is 7.61. The van der Waals surface area contributed by atoms with Crippen LogP contribution < -0.4 is 37.2 Å². The summed E-state index contributed by atoms with van der Waals surface area (Å²) in [5.41, 5.74) is 0. The van der Waals surface area contributed by atoms with Crippen LogP contribution in [0.3, 0.4) is 0 Å². The van der Waals surface area contributed by atoms with Gasteiger partial charge in [-0.1, -0.05) is 0 Å². The zero-order valence-corrected chi connectivity index (χ0v) is 13.4. The Morgan fingerprint density at radius 2 is 1.58 bits per heavy atom. The van der Waals surface area contributed by atoms with Crippen molar-refractivity contribution in [1.82, 2.24) is 0 Å². The van der Waals surface area contributed by atoms with Crippen molar-refractivity contribution in [2.24, 2.45) is 0 Å². The summed E-state index contributed by atoms with van der Waals surface area (Å²) >= 11 is -1.71. The van der Waals surface area contributed by atoms with Gasteiger partial charge in [0.1, 0.15) is 0 Å². The number of rotatable bonds is 1. The molecule has 1 aliphatic carbocycles. The number of allylic oxidation sites excluding steroid dienone is 4. The van der Waals surface area contributed by atoms with Gasteiger partial charge in [-0.05, 0) is 0 Å². The van der Waals surface area contributed by atoms with Crippen molar-refractivity contribution in [3.63, 3.8) is 0 Å². The van der Waals surface area contributed by atoms with E-state index < -0.39 is 20.0 Å². The number of hydrogen-bond acceptors (Lipinski definition) is 0. The Kier molecular flexibility index (Phi) is 12.0. The molecule has 0 saturated carbocycles. The molecule has 0 heterocycles. The van der Waals surface area contributed by atoms with Crippen LogP contribution in [0.4, 0.5) is 0 Å². The fourth-order valence-electron chi connectivity index (χ4n) is 1.00. The van der Waals surface area contributed by atoms with Crippen molar-refractivity contribution in [3.05, 3.63) is 21.6 Å². The van der Waals surface area contributed by atoms with E-state index in [0.717, 1.165) is 0 Å². The average molecular weight is 395 g/mol. The summed E-state index contributed by atoms with van der Waals surface area (Å²) in [4.78, 5) is 0. The topological polar surface area (TPSA) is 0 Å². The van der Waals surface area contributed by atoms with Crippen LogP contribution >= 0.6 is 0 Å². The normalized spacial score (nSPS) is 12.4. The standard InChI is InChI=1S/C5H5.3CH3.3ClH.Hf/c1-2-4-5-3-1;;;;;;;/h1-3H,4H2;3*1H3;3*1H;/q;;;;;;;+3/p-3. The van der Waals surface area contributed by atoms with Gasteiger partial charge in [-0.2, -0.15) is 0 Å². The summed E-state index contributed by atoms with van der Waals surface area (Å²) in [7, 11) is 0. The summed E-state index contributed by atoms with van der Waals surface area (Å²) in [6, 6.07) is 0. The fourth-order valence-corrected chi connectivity index (χ4v) is 5.77. The first-order valence-electron chi connectivity index (χ1n) is 3.47. The third-order valence-electron chi connectivity index (χ3n) is 1.73. The molecule has 0 unspecified atom stereocenters. The van der Waals surface area contributed by atoms with Crippen molar-refractivity contribution < 1.29 is 57.2 Å². The fraction of sp³-hybridized carbons (Fsp3) is 0.500. The van der Waals surface area contributed by atoms with Crippen LogP contribution in [0.2, 0.25) is 14.0 Å². The molecule has 0 spiro atoms. The van der Waals surface area contributed by atoms with E-state index in [2.05, 4.69) is 32.3 Å². The molecule has 4 heteroatoms. The Labute approximate surface area is 98.4 Å². The first-order valence-corrected chi connectivity index (χ1v) is 16.0. The zero-order chi connectivity index (χ0) is 6.91. The van der Waals surface area contributed by atoms with Gasteiger partial charge in [0.2, 0.25) is 0 Å². The smallest absolute Gasteiger partial charge is 1.00 e. The predicted molar refractivity (Wildman–Crippen MR) is 39.4 cm³/mol. The minimum absolute atomic E-state index is 0. The van der Waals surface area contributed by atoms with Gasteiger partial charge in [0.15, 0.2) is 0 Å². The second-order valence-electron chi connectivity index (χ2n) is 3.57. The van der Waals surface area contributed by atoms with Crippen LogP contribution in [-0.2, 0) is 20.0 Å². The molecule has 0 fully saturated rings. The van der Waals surface area contributed by atoms with Gasteiger partial charge in [0.25, 0.3) is 0 Å². The van der Waals surface area contributed by atoms with Gasteiger partial charge in [0, 0.05) is 0 Å². The Hall–Kier alpha value is 1.22. The van der Waals surface area contributed by atoms with Crippen molar-refractivity contribution in [2.75, 3.05) is 0 Å². The summed E-state index contributed by atoms with van der Waals surface area (Å²) in [5.74, 6) is 0. The Bertz CT molecular complexity index is 168. The van der Waals surface area contributed by atoms with E-state index in [1.54, 1.807) is 3.33 Å². The van der Waals surface area contributed by atoms with E-state index in [1.807, 2.05) is 0 Å². The van der Waals surface area contributed by atoms with Crippen LogP contribution in [0.15, 0.2) is 21.6 Å². The number of halogens is 3. The van der Waals surface area contributed by atoms with Gasteiger partial charge < -0.3 is 37.2 Å². The van der Waals surface area contributed by atoms with Gasteiger partial charge in [-0.3, -0.25) is 0 Å². The molecule has 0 nitrogen and oxygen atoms in total. The zero-order valence-electron chi connectivity index (χ0n) is 7.57. The molecule has 0 aliphatic heterocycles. The third-order valence-corrected chi connectivity index (χ3v) is 9.99. The number of hydrogen-bond donors (Lipinski definition) is 0. The first-order chi connectivity index (χ1) is 4.11. The second-order valence-corrected chi connectivity index (χ2v) is 22.0. The molecule has 12 heavy (non-hydrogen) atoms. The average Bonchev–Trinajstić information content (AvgIpc) is 2.08. The van der Waals surface area contributed by atoms with Crippen LogP contribution in [0.1, 0.15) is 6.42 Å². The van der Waals surface area contributed by atoms with E-state index in [0.29, 0.717) is 0 Å². The summed E-state index contributed by atoms with van der Waals surface area (Å²) in [6.45, 7) is 0. The quantitative estimate of drug-likeness (QED) is 0.389. The van der Waals surface area contributed by atoms with E-state index in [4.69, 9.17) is 0 Å². The van der Waals surface area contributed by atoms with Gasteiger partial charge >= 0.3 is 62.0 Å². The van der Waals surface area contributed by atoms with Crippen molar-refractivity contribution in [2.45, 2.75) is 20.5 Å². The largest absolute Gasteiger partial charge is 1.00 e. The van der Waals surface area contributed by atoms with E-state index in [1.165, 1.54) is 6.42 Å². The molecule has 0 radical (unpaired) electrons. The van der Waals surface area contributed by atoms with Crippen LogP contribution in [0, 0.1) is 0 Å². The van der Waals surface area contributed by atoms with Crippen LogP contribution in [0.5, 0.6) is 0 Å². The molecular weight excluding hydrogens is 381 g/mol. The molecule has 0 bridgehead atoms. The maximum Gasteiger partial charge on any atom is -1.00 e. The van der Waals surface area contributed by atoms with Crippen molar-refractivity contribution in [3.8, 4) is 0 Å². The molecule has 0 amide bonds. The SMILES string of the molecule is [CH3][Hf+3]([CH3])([CH3])[C]1=CC=CC1.[Cl-].[Cl-].[Cl-]. The molecule has 0 N–H and O–H groups in total. The molecule has 0 atom stereocenters. The molecule has 1 rings (SSSR count). The van der Waals surface area contributed by atoms with Gasteiger partial charge in [-0.15, -0.1) is 0 Å². The Morgan fingerprint density at radius 3 is 1.75 bits per heavy atom. The Balaban J connectivity index is -0.000000270. The van der Waals surface area contributed by atoms with E-state index in [-0.39, 0.29) is 37.2 Å². The molecule has 71 valence electrons. The van der Waals surface area contributed by atoms with Crippen molar-refractivity contribution >= 4 is 0 Å². The Morgan fingerprint density at radius 1 is 1.08 bits per heavy atom. The summed E-state index contributed by atoms with van der Waals surface area (Å²) < 4.78 is 9.20. The molecule has 1 aliphatic rings. The maximum atomic E-state index is 2.48. The van der Waals surface area contributed by atoms with Crippen LogP contribution in [0.25, 0.3) is 0 Å². The first kappa shape index (κ1) is 18.9. The predicted octanol–water partition coefficient (Wildman–Crippen LogP) is -5.86.